The summed E-state index contributed by atoms with van der Waals surface area (Å²) >= 11 is 12.0. The average Bonchev–Trinajstić information content (AvgIpc) is 3.15. The van der Waals surface area contributed by atoms with E-state index in [1.165, 1.54) is 23.5 Å². The first kappa shape index (κ1) is 20.9. The Morgan fingerprint density at radius 2 is 1.96 bits per heavy atom. The summed E-state index contributed by atoms with van der Waals surface area (Å²) < 4.78 is 32.9. The molecule has 1 amide bonds. The van der Waals surface area contributed by atoms with E-state index in [-0.39, 0.29) is 16.5 Å². The van der Waals surface area contributed by atoms with Crippen molar-refractivity contribution in [1.29, 1.82) is 0 Å². The van der Waals surface area contributed by atoms with Gasteiger partial charge >= 0.3 is 0 Å². The van der Waals surface area contributed by atoms with Crippen LogP contribution in [-0.4, -0.2) is 38.3 Å². The number of hydrogen-bond acceptors (Lipinski definition) is 4. The van der Waals surface area contributed by atoms with Crippen molar-refractivity contribution in [2.45, 2.75) is 30.7 Å². The van der Waals surface area contributed by atoms with Crippen LogP contribution >= 0.6 is 23.2 Å². The smallest absolute Gasteiger partial charge is 0.244 e. The van der Waals surface area contributed by atoms with Gasteiger partial charge in [0.15, 0.2) is 0 Å². The Kier molecular flexibility index (Phi) is 6.19. The standard InChI is InChI=1S/C19H20Cl2N2O4S/c1-12-5-7-14(27-2)11-18(12)28(25,26)23-9-3-4-17(23)19(24)22-16-8-6-13(20)10-15(16)21/h5-8,10-11,17H,3-4,9H2,1-2H3,(H,22,24). The maximum absolute atomic E-state index is 13.2. The Hall–Kier alpha value is -1.80. The normalized spacial score (nSPS) is 17.5. The van der Waals surface area contributed by atoms with Crippen LogP contribution in [0, 0.1) is 6.92 Å². The quantitative estimate of drug-likeness (QED) is 0.755. The molecular weight excluding hydrogens is 423 g/mol. The number of sulfonamides is 1. The Balaban J connectivity index is 1.88. The SMILES string of the molecule is COc1ccc(C)c(S(=O)(=O)N2CCCC2C(=O)Nc2ccc(Cl)cc2Cl)c1. The van der Waals surface area contributed by atoms with Crippen LogP contribution in [0.4, 0.5) is 5.69 Å². The fourth-order valence-electron chi connectivity index (χ4n) is 3.21. The van der Waals surface area contributed by atoms with E-state index in [4.69, 9.17) is 27.9 Å². The van der Waals surface area contributed by atoms with Crippen LogP contribution in [0.3, 0.4) is 0 Å². The van der Waals surface area contributed by atoms with E-state index in [2.05, 4.69) is 5.32 Å². The summed E-state index contributed by atoms with van der Waals surface area (Å²) in [7, 11) is -2.39. The largest absolute Gasteiger partial charge is 0.497 e. The third kappa shape index (κ3) is 4.12. The predicted molar refractivity (Wildman–Crippen MR) is 110 cm³/mol. The molecule has 3 rings (SSSR count). The topological polar surface area (TPSA) is 75.7 Å². The zero-order valence-corrected chi connectivity index (χ0v) is 17.7. The molecule has 6 nitrogen and oxygen atoms in total. The summed E-state index contributed by atoms with van der Waals surface area (Å²) in [5.41, 5.74) is 0.977. The van der Waals surface area contributed by atoms with Crippen molar-refractivity contribution in [3.05, 3.63) is 52.0 Å². The highest BCUT2D eigenvalue weighted by molar-refractivity contribution is 7.89. The second kappa shape index (κ2) is 8.29. The molecule has 28 heavy (non-hydrogen) atoms. The maximum atomic E-state index is 13.2. The van der Waals surface area contributed by atoms with Crippen molar-refractivity contribution in [1.82, 2.24) is 4.31 Å². The van der Waals surface area contributed by atoms with Gasteiger partial charge in [0.05, 0.1) is 22.7 Å². The van der Waals surface area contributed by atoms with Gasteiger partial charge in [-0.3, -0.25) is 4.79 Å². The summed E-state index contributed by atoms with van der Waals surface area (Å²) in [6.45, 7) is 1.98. The number of carbonyl (C=O) groups excluding carboxylic acids is 1. The second-order valence-electron chi connectivity index (χ2n) is 6.52. The fourth-order valence-corrected chi connectivity index (χ4v) is 5.56. The second-order valence-corrected chi connectivity index (χ2v) is 9.22. The van der Waals surface area contributed by atoms with E-state index in [0.29, 0.717) is 34.9 Å². The molecule has 1 aliphatic heterocycles. The van der Waals surface area contributed by atoms with Crippen LogP contribution in [0.15, 0.2) is 41.3 Å². The fraction of sp³-hybridized carbons (Fsp3) is 0.316. The molecular formula is C19H20Cl2N2O4S. The first-order chi connectivity index (χ1) is 13.2. The summed E-state index contributed by atoms with van der Waals surface area (Å²) in [5.74, 6) is 0.0168. The highest BCUT2D eigenvalue weighted by Crippen LogP contribution is 2.31. The van der Waals surface area contributed by atoms with Gasteiger partial charge in [0.1, 0.15) is 11.8 Å². The third-order valence-corrected chi connectivity index (χ3v) is 7.28. The Morgan fingerprint density at radius 3 is 2.64 bits per heavy atom. The number of halogens is 2. The first-order valence-corrected chi connectivity index (χ1v) is 10.9. The number of rotatable bonds is 5. The molecule has 1 fully saturated rings. The third-order valence-electron chi connectivity index (χ3n) is 4.68. The van der Waals surface area contributed by atoms with Crippen LogP contribution in [0.25, 0.3) is 0 Å². The van der Waals surface area contributed by atoms with Crippen molar-refractivity contribution in [3.8, 4) is 5.75 Å². The number of anilines is 1. The molecule has 2 aromatic rings. The van der Waals surface area contributed by atoms with Gasteiger partial charge in [0.25, 0.3) is 0 Å². The zero-order valence-electron chi connectivity index (χ0n) is 15.4. The summed E-state index contributed by atoms with van der Waals surface area (Å²) in [4.78, 5) is 13.0. The van der Waals surface area contributed by atoms with E-state index in [1.54, 1.807) is 31.2 Å². The van der Waals surface area contributed by atoms with Gasteiger partial charge in [-0.1, -0.05) is 29.3 Å². The van der Waals surface area contributed by atoms with Crippen molar-refractivity contribution < 1.29 is 17.9 Å². The minimum absolute atomic E-state index is 0.135. The van der Waals surface area contributed by atoms with Crippen molar-refractivity contribution >= 4 is 44.8 Å². The molecule has 0 radical (unpaired) electrons. The molecule has 1 unspecified atom stereocenters. The lowest BCUT2D eigenvalue weighted by atomic mass is 10.2. The lowest BCUT2D eigenvalue weighted by Crippen LogP contribution is -2.43. The number of aryl methyl sites for hydroxylation is 1. The highest BCUT2D eigenvalue weighted by Gasteiger charge is 2.40. The van der Waals surface area contributed by atoms with Crippen LogP contribution in [-0.2, 0) is 14.8 Å². The lowest BCUT2D eigenvalue weighted by molar-refractivity contribution is -0.119. The molecule has 0 bridgehead atoms. The molecule has 9 heteroatoms. The van der Waals surface area contributed by atoms with Gasteiger partial charge in [-0.2, -0.15) is 4.31 Å². The number of nitrogens with one attached hydrogen (secondary N) is 1. The number of nitrogens with zero attached hydrogens (tertiary/aromatic N) is 1. The van der Waals surface area contributed by atoms with Crippen molar-refractivity contribution in [3.63, 3.8) is 0 Å². The molecule has 1 atom stereocenters. The zero-order chi connectivity index (χ0) is 20.5. The van der Waals surface area contributed by atoms with Crippen LogP contribution in [0.1, 0.15) is 18.4 Å². The molecule has 2 aromatic carbocycles. The monoisotopic (exact) mass is 442 g/mol. The minimum Gasteiger partial charge on any atom is -0.497 e. The molecule has 0 spiro atoms. The highest BCUT2D eigenvalue weighted by atomic mass is 35.5. The van der Waals surface area contributed by atoms with Crippen LogP contribution in [0.2, 0.25) is 10.0 Å². The number of amides is 1. The van der Waals surface area contributed by atoms with E-state index in [9.17, 15) is 13.2 Å². The van der Waals surface area contributed by atoms with Crippen LogP contribution in [0.5, 0.6) is 5.75 Å². The maximum Gasteiger partial charge on any atom is 0.244 e. The van der Waals surface area contributed by atoms with Gasteiger partial charge in [0, 0.05) is 17.6 Å². The number of ether oxygens (including phenoxy) is 1. The number of benzene rings is 2. The predicted octanol–water partition coefficient (Wildman–Crippen LogP) is 4.10. The van der Waals surface area contributed by atoms with E-state index in [0.717, 1.165) is 0 Å². The summed E-state index contributed by atoms with van der Waals surface area (Å²) in [6.07, 6.45) is 1.02. The van der Waals surface area contributed by atoms with Crippen LogP contribution < -0.4 is 10.1 Å². The first-order valence-electron chi connectivity index (χ1n) is 8.66. The van der Waals surface area contributed by atoms with Gasteiger partial charge in [-0.05, 0) is 49.6 Å². The Labute approximate surface area is 174 Å². The summed E-state index contributed by atoms with van der Waals surface area (Å²) in [6, 6.07) is 8.75. The molecule has 1 aliphatic rings. The number of methoxy groups -OCH3 is 1. The number of hydrogen-bond donors (Lipinski definition) is 1. The average molecular weight is 443 g/mol. The van der Waals surface area contributed by atoms with Crippen molar-refractivity contribution in [2.24, 2.45) is 0 Å². The Bertz CT molecular complexity index is 1010. The Morgan fingerprint density at radius 1 is 1.21 bits per heavy atom. The summed E-state index contributed by atoms with van der Waals surface area (Å²) in [5, 5.41) is 3.44. The molecule has 0 aliphatic carbocycles. The van der Waals surface area contributed by atoms with Gasteiger partial charge in [-0.25, -0.2) is 8.42 Å². The molecule has 150 valence electrons. The molecule has 1 heterocycles. The minimum atomic E-state index is -3.87. The lowest BCUT2D eigenvalue weighted by Gasteiger charge is -2.24. The van der Waals surface area contributed by atoms with Gasteiger partial charge in [-0.15, -0.1) is 0 Å². The molecule has 0 saturated carbocycles. The molecule has 0 aromatic heterocycles. The van der Waals surface area contributed by atoms with E-state index < -0.39 is 22.0 Å². The molecule has 1 saturated heterocycles. The van der Waals surface area contributed by atoms with Gasteiger partial charge < -0.3 is 10.1 Å². The van der Waals surface area contributed by atoms with E-state index >= 15 is 0 Å². The number of carbonyl (C=O) groups is 1. The molecule has 1 N–H and O–H groups in total. The van der Waals surface area contributed by atoms with E-state index in [1.807, 2.05) is 0 Å². The van der Waals surface area contributed by atoms with Gasteiger partial charge in [0.2, 0.25) is 15.9 Å². The van der Waals surface area contributed by atoms with Crippen molar-refractivity contribution in [2.75, 3.05) is 19.0 Å².